The molecule has 2 heterocycles. The molecule has 1 fully saturated rings. The number of rotatable bonds is 3. The van der Waals surface area contributed by atoms with Crippen molar-refractivity contribution in [1.29, 1.82) is 5.26 Å². The van der Waals surface area contributed by atoms with Crippen molar-refractivity contribution in [1.82, 2.24) is 4.37 Å². The van der Waals surface area contributed by atoms with Crippen LogP contribution < -0.4 is 5.32 Å². The van der Waals surface area contributed by atoms with Crippen LogP contribution in [0.1, 0.15) is 39.2 Å². The Morgan fingerprint density at radius 1 is 1.55 bits per heavy atom. The first kappa shape index (κ1) is 15.6. The van der Waals surface area contributed by atoms with E-state index in [1.54, 1.807) is 0 Å². The Morgan fingerprint density at radius 3 is 2.95 bits per heavy atom. The van der Waals surface area contributed by atoms with Gasteiger partial charge in [0.15, 0.2) is 5.15 Å². The Labute approximate surface area is 129 Å². The maximum absolute atomic E-state index is 9.07. The minimum atomic E-state index is 0.121. The van der Waals surface area contributed by atoms with Gasteiger partial charge in [0.25, 0.3) is 0 Å². The molecule has 4 nitrogen and oxygen atoms in total. The molecule has 0 aromatic carbocycles. The van der Waals surface area contributed by atoms with E-state index < -0.39 is 0 Å². The molecular weight excluding hydrogens is 294 g/mol. The van der Waals surface area contributed by atoms with Gasteiger partial charge in [-0.3, -0.25) is 0 Å². The zero-order valence-corrected chi connectivity index (χ0v) is 13.6. The molecule has 1 aliphatic rings. The van der Waals surface area contributed by atoms with Crippen molar-refractivity contribution in [3.63, 3.8) is 0 Å². The fraction of sp³-hybridized carbons (Fsp3) is 0.714. The molecule has 0 radical (unpaired) electrons. The van der Waals surface area contributed by atoms with Gasteiger partial charge in [-0.05, 0) is 29.8 Å². The van der Waals surface area contributed by atoms with Gasteiger partial charge >= 0.3 is 0 Å². The average Bonchev–Trinajstić information content (AvgIpc) is 2.76. The molecule has 2 atom stereocenters. The fourth-order valence-electron chi connectivity index (χ4n) is 2.72. The topological polar surface area (TPSA) is 57.9 Å². The van der Waals surface area contributed by atoms with Crippen LogP contribution in [0.25, 0.3) is 0 Å². The number of hydrogen-bond acceptors (Lipinski definition) is 5. The highest BCUT2D eigenvalue weighted by Gasteiger charge is 2.35. The van der Waals surface area contributed by atoms with Gasteiger partial charge in [0, 0.05) is 19.1 Å². The molecule has 1 aromatic rings. The lowest BCUT2D eigenvalue weighted by atomic mass is 9.78. The molecule has 2 rings (SSSR count). The molecule has 110 valence electrons. The molecule has 20 heavy (non-hydrogen) atoms. The normalized spacial score (nSPS) is 23.4. The smallest absolute Gasteiger partial charge is 0.162 e. The Hall–Kier alpha value is -0.830. The SMILES string of the molecule is CC(C)(C)C1OCCCC1CNc1snc(Cl)c1C#N. The standard InChI is InChI=1S/C14H20ClN3OS/c1-14(2,3)11-9(5-4-6-19-11)8-17-13-10(7-16)12(15)18-20-13/h9,11,17H,4-6,8H2,1-3H3. The number of nitrogens with one attached hydrogen (secondary N) is 1. The summed E-state index contributed by atoms with van der Waals surface area (Å²) >= 11 is 7.12. The number of aromatic nitrogens is 1. The highest BCUT2D eigenvalue weighted by atomic mass is 35.5. The Kier molecular flexibility index (Phi) is 4.90. The van der Waals surface area contributed by atoms with Crippen LogP contribution >= 0.6 is 23.1 Å². The van der Waals surface area contributed by atoms with E-state index in [1.165, 1.54) is 11.5 Å². The predicted octanol–water partition coefficient (Wildman–Crippen LogP) is 3.92. The van der Waals surface area contributed by atoms with Crippen LogP contribution in [0, 0.1) is 22.7 Å². The van der Waals surface area contributed by atoms with Crippen molar-refractivity contribution >= 4 is 28.1 Å². The second-order valence-electron chi connectivity index (χ2n) is 6.23. The first-order valence-corrected chi connectivity index (χ1v) is 7.99. The van der Waals surface area contributed by atoms with E-state index in [-0.39, 0.29) is 16.7 Å². The number of anilines is 1. The summed E-state index contributed by atoms with van der Waals surface area (Å²) in [6.45, 7) is 8.25. The minimum Gasteiger partial charge on any atom is -0.377 e. The molecule has 1 aliphatic heterocycles. The highest BCUT2D eigenvalue weighted by molar-refractivity contribution is 7.10. The second kappa shape index (κ2) is 6.30. The zero-order chi connectivity index (χ0) is 14.8. The van der Waals surface area contributed by atoms with Crippen LogP contribution in [0.15, 0.2) is 0 Å². The largest absolute Gasteiger partial charge is 0.377 e. The summed E-state index contributed by atoms with van der Waals surface area (Å²) in [7, 11) is 0. The maximum Gasteiger partial charge on any atom is 0.162 e. The van der Waals surface area contributed by atoms with Gasteiger partial charge in [-0.1, -0.05) is 32.4 Å². The van der Waals surface area contributed by atoms with Crippen LogP contribution in [-0.2, 0) is 4.74 Å². The van der Waals surface area contributed by atoms with Crippen molar-refractivity contribution in [3.05, 3.63) is 10.7 Å². The van der Waals surface area contributed by atoms with Gasteiger partial charge in [-0.15, -0.1) is 0 Å². The molecule has 1 aromatic heterocycles. The minimum absolute atomic E-state index is 0.121. The second-order valence-corrected chi connectivity index (χ2v) is 7.36. The third-order valence-electron chi connectivity index (χ3n) is 3.59. The number of nitrogens with zero attached hydrogens (tertiary/aromatic N) is 2. The number of hydrogen-bond donors (Lipinski definition) is 1. The molecular formula is C14H20ClN3OS. The third-order valence-corrected chi connectivity index (χ3v) is 4.76. The fourth-order valence-corrected chi connectivity index (χ4v) is 3.66. The molecule has 0 spiro atoms. The molecule has 1 N–H and O–H groups in total. The van der Waals surface area contributed by atoms with E-state index in [1.807, 2.05) is 0 Å². The van der Waals surface area contributed by atoms with E-state index in [0.717, 1.165) is 31.0 Å². The zero-order valence-electron chi connectivity index (χ0n) is 12.1. The molecule has 0 bridgehead atoms. The predicted molar refractivity (Wildman–Crippen MR) is 82.2 cm³/mol. The maximum atomic E-state index is 9.07. The van der Waals surface area contributed by atoms with Gasteiger partial charge in [0.1, 0.15) is 16.6 Å². The van der Waals surface area contributed by atoms with Crippen LogP contribution in [0.2, 0.25) is 5.15 Å². The van der Waals surface area contributed by atoms with Gasteiger partial charge < -0.3 is 10.1 Å². The summed E-state index contributed by atoms with van der Waals surface area (Å²) in [5.41, 5.74) is 0.566. The lowest BCUT2D eigenvalue weighted by Crippen LogP contribution is -2.42. The third kappa shape index (κ3) is 3.43. The summed E-state index contributed by atoms with van der Waals surface area (Å²) in [4.78, 5) is 0. The average molecular weight is 314 g/mol. The van der Waals surface area contributed by atoms with Crippen molar-refractivity contribution in [2.24, 2.45) is 11.3 Å². The summed E-state index contributed by atoms with van der Waals surface area (Å²) in [6, 6.07) is 2.10. The molecule has 1 saturated heterocycles. The van der Waals surface area contributed by atoms with E-state index in [2.05, 4.69) is 36.5 Å². The van der Waals surface area contributed by atoms with E-state index >= 15 is 0 Å². The Balaban J connectivity index is 2.03. The van der Waals surface area contributed by atoms with Crippen LogP contribution in [0.3, 0.4) is 0 Å². The quantitative estimate of drug-likeness (QED) is 0.918. The number of ether oxygens (including phenoxy) is 1. The summed E-state index contributed by atoms with van der Waals surface area (Å²) in [5, 5.41) is 13.4. The van der Waals surface area contributed by atoms with Crippen LogP contribution in [0.5, 0.6) is 0 Å². The van der Waals surface area contributed by atoms with Crippen molar-refractivity contribution < 1.29 is 4.74 Å². The molecule has 0 amide bonds. The highest BCUT2D eigenvalue weighted by Crippen LogP contribution is 2.35. The molecule has 6 heteroatoms. The van der Waals surface area contributed by atoms with Gasteiger partial charge in [-0.25, -0.2) is 0 Å². The molecule has 2 unspecified atom stereocenters. The summed E-state index contributed by atoms with van der Waals surface area (Å²) in [6.07, 6.45) is 2.47. The van der Waals surface area contributed by atoms with Crippen LogP contribution in [0.4, 0.5) is 5.00 Å². The Morgan fingerprint density at radius 2 is 2.30 bits per heavy atom. The lowest BCUT2D eigenvalue weighted by Gasteiger charge is -2.40. The van der Waals surface area contributed by atoms with Crippen molar-refractivity contribution in [3.8, 4) is 6.07 Å². The van der Waals surface area contributed by atoms with Gasteiger partial charge in [0.05, 0.1) is 6.10 Å². The summed E-state index contributed by atoms with van der Waals surface area (Å²) in [5.74, 6) is 0.441. The van der Waals surface area contributed by atoms with E-state index in [4.69, 9.17) is 21.6 Å². The van der Waals surface area contributed by atoms with Crippen molar-refractivity contribution in [2.45, 2.75) is 39.7 Å². The van der Waals surface area contributed by atoms with E-state index in [9.17, 15) is 0 Å². The van der Waals surface area contributed by atoms with E-state index in [0.29, 0.717) is 11.5 Å². The van der Waals surface area contributed by atoms with Gasteiger partial charge in [-0.2, -0.15) is 9.64 Å². The Bertz CT molecular complexity index is 503. The molecule has 0 aliphatic carbocycles. The monoisotopic (exact) mass is 313 g/mol. The van der Waals surface area contributed by atoms with Gasteiger partial charge in [0.2, 0.25) is 0 Å². The number of nitriles is 1. The summed E-state index contributed by atoms with van der Waals surface area (Å²) < 4.78 is 9.97. The molecule has 0 saturated carbocycles. The lowest BCUT2D eigenvalue weighted by molar-refractivity contribution is -0.0814. The van der Waals surface area contributed by atoms with Crippen molar-refractivity contribution in [2.75, 3.05) is 18.5 Å². The first-order valence-electron chi connectivity index (χ1n) is 6.84. The number of halogens is 1. The van der Waals surface area contributed by atoms with Crippen LogP contribution in [-0.4, -0.2) is 23.6 Å². The first-order chi connectivity index (χ1) is 9.43.